The summed E-state index contributed by atoms with van der Waals surface area (Å²) in [5.41, 5.74) is 6.44. The molecule has 0 radical (unpaired) electrons. The second-order valence-corrected chi connectivity index (χ2v) is 5.09. The van der Waals surface area contributed by atoms with Crippen molar-refractivity contribution >= 4 is 17.6 Å². The van der Waals surface area contributed by atoms with Crippen molar-refractivity contribution in [1.82, 2.24) is 9.21 Å². The molecule has 4 heteroatoms. The Morgan fingerprint density at radius 1 is 1.07 bits per heavy atom. The molecule has 15 heavy (non-hydrogen) atoms. The first kappa shape index (κ1) is 12.4. The van der Waals surface area contributed by atoms with Gasteiger partial charge in [0.15, 0.2) is 0 Å². The molecule has 0 saturated carbocycles. The number of nitrogens with zero attached hydrogens (tertiary/aromatic N) is 2. The molecular weight excluding hydrogens is 206 g/mol. The van der Waals surface area contributed by atoms with E-state index in [1.165, 1.54) is 4.90 Å². The zero-order valence-electron chi connectivity index (χ0n) is 9.60. The minimum atomic E-state index is 0.815. The van der Waals surface area contributed by atoms with Crippen LogP contribution in [0.2, 0.25) is 0 Å². The first-order valence-electron chi connectivity index (χ1n) is 4.97. The number of benzene rings is 1. The van der Waals surface area contributed by atoms with Gasteiger partial charge in [-0.2, -0.15) is 0 Å². The molecule has 84 valence electrons. The Bertz CT molecular complexity index is 284. The van der Waals surface area contributed by atoms with Gasteiger partial charge >= 0.3 is 0 Å². The normalized spacial score (nSPS) is 11.3. The standard InChI is InChI=1S/C11H19N3S/c1-13(2)8-9-14(3)15-11-6-4-10(12)5-7-11/h4-7H,8-9,12H2,1-3H3. The van der Waals surface area contributed by atoms with Gasteiger partial charge in [-0.05, 0) is 57.4 Å². The number of hydrogen-bond donors (Lipinski definition) is 1. The summed E-state index contributed by atoms with van der Waals surface area (Å²) in [5, 5.41) is 0. The summed E-state index contributed by atoms with van der Waals surface area (Å²) in [5.74, 6) is 0. The summed E-state index contributed by atoms with van der Waals surface area (Å²) in [6, 6.07) is 7.96. The fraction of sp³-hybridized carbons (Fsp3) is 0.455. The Morgan fingerprint density at radius 3 is 2.20 bits per heavy atom. The highest BCUT2D eigenvalue weighted by atomic mass is 32.2. The van der Waals surface area contributed by atoms with Crippen LogP contribution in [0.3, 0.4) is 0 Å². The van der Waals surface area contributed by atoms with Crippen molar-refractivity contribution in [2.45, 2.75) is 4.90 Å². The minimum Gasteiger partial charge on any atom is -0.399 e. The van der Waals surface area contributed by atoms with Crippen LogP contribution < -0.4 is 5.73 Å². The van der Waals surface area contributed by atoms with Gasteiger partial charge in [-0.15, -0.1) is 0 Å². The van der Waals surface area contributed by atoms with Crippen LogP contribution in [0.25, 0.3) is 0 Å². The van der Waals surface area contributed by atoms with E-state index in [2.05, 4.69) is 30.3 Å². The third-order valence-electron chi connectivity index (χ3n) is 2.00. The first-order chi connectivity index (χ1) is 7.08. The van der Waals surface area contributed by atoms with Crippen LogP contribution in [0.15, 0.2) is 29.2 Å². The quantitative estimate of drug-likeness (QED) is 0.611. The third kappa shape index (κ3) is 5.06. The van der Waals surface area contributed by atoms with Crippen LogP contribution in [-0.2, 0) is 0 Å². The molecule has 3 nitrogen and oxygen atoms in total. The Labute approximate surface area is 96.4 Å². The maximum atomic E-state index is 5.63. The topological polar surface area (TPSA) is 32.5 Å². The lowest BCUT2D eigenvalue weighted by Crippen LogP contribution is -2.24. The van der Waals surface area contributed by atoms with Gasteiger partial charge in [-0.25, -0.2) is 4.31 Å². The summed E-state index contributed by atoms with van der Waals surface area (Å²) in [7, 11) is 6.27. The summed E-state index contributed by atoms with van der Waals surface area (Å²) < 4.78 is 2.23. The van der Waals surface area contributed by atoms with Gasteiger partial charge in [-0.1, -0.05) is 0 Å². The van der Waals surface area contributed by atoms with Crippen molar-refractivity contribution < 1.29 is 0 Å². The summed E-state index contributed by atoms with van der Waals surface area (Å²) in [6.45, 7) is 2.11. The molecule has 0 aromatic heterocycles. The Kier molecular flexibility index (Phi) is 4.94. The van der Waals surface area contributed by atoms with Crippen LogP contribution in [0.4, 0.5) is 5.69 Å². The molecule has 0 aliphatic heterocycles. The SMILES string of the molecule is CN(C)CCN(C)Sc1ccc(N)cc1. The first-order valence-corrected chi connectivity index (χ1v) is 5.74. The second kappa shape index (κ2) is 6.00. The van der Waals surface area contributed by atoms with E-state index in [1.54, 1.807) is 11.9 Å². The molecule has 0 saturated heterocycles. The predicted octanol–water partition coefficient (Wildman–Crippen LogP) is 1.77. The molecule has 0 aliphatic rings. The molecule has 0 heterocycles. The van der Waals surface area contributed by atoms with Crippen LogP contribution in [0.1, 0.15) is 0 Å². The maximum Gasteiger partial charge on any atom is 0.0314 e. The van der Waals surface area contributed by atoms with Gasteiger partial charge < -0.3 is 10.6 Å². The predicted molar refractivity (Wildman–Crippen MR) is 67.9 cm³/mol. The molecule has 0 amide bonds. The molecule has 0 spiro atoms. The lowest BCUT2D eigenvalue weighted by molar-refractivity contribution is 0.372. The van der Waals surface area contributed by atoms with E-state index in [4.69, 9.17) is 5.73 Å². The highest BCUT2D eigenvalue weighted by molar-refractivity contribution is 7.97. The van der Waals surface area contributed by atoms with Crippen LogP contribution in [0.5, 0.6) is 0 Å². The van der Waals surface area contributed by atoms with Gasteiger partial charge in [0.25, 0.3) is 0 Å². The molecule has 1 aromatic carbocycles. The van der Waals surface area contributed by atoms with Crippen molar-refractivity contribution in [2.75, 3.05) is 40.0 Å². The van der Waals surface area contributed by atoms with Gasteiger partial charge in [0.05, 0.1) is 0 Å². The number of anilines is 1. The molecule has 2 N–H and O–H groups in total. The highest BCUT2D eigenvalue weighted by Crippen LogP contribution is 2.21. The van der Waals surface area contributed by atoms with E-state index in [1.807, 2.05) is 24.3 Å². The summed E-state index contributed by atoms with van der Waals surface area (Å²) in [6.07, 6.45) is 0. The Balaban J connectivity index is 2.37. The van der Waals surface area contributed by atoms with Crippen molar-refractivity contribution in [1.29, 1.82) is 0 Å². The van der Waals surface area contributed by atoms with E-state index < -0.39 is 0 Å². The molecule has 0 unspecified atom stereocenters. The second-order valence-electron chi connectivity index (χ2n) is 3.82. The molecule has 0 bridgehead atoms. The molecule has 1 rings (SSSR count). The van der Waals surface area contributed by atoms with Crippen molar-refractivity contribution in [3.8, 4) is 0 Å². The number of likely N-dealkylation sites (N-methyl/N-ethyl adjacent to an activating group) is 2. The minimum absolute atomic E-state index is 0.815. The van der Waals surface area contributed by atoms with E-state index in [0.717, 1.165) is 18.8 Å². The fourth-order valence-electron chi connectivity index (χ4n) is 1.10. The van der Waals surface area contributed by atoms with Crippen LogP contribution in [-0.4, -0.2) is 43.4 Å². The molecule has 0 atom stereocenters. The van der Waals surface area contributed by atoms with Crippen LogP contribution in [0, 0.1) is 0 Å². The average molecular weight is 225 g/mol. The van der Waals surface area contributed by atoms with Gasteiger partial charge in [0.1, 0.15) is 0 Å². The number of nitrogens with two attached hydrogens (primary N) is 1. The molecular formula is C11H19N3S. The van der Waals surface area contributed by atoms with E-state index >= 15 is 0 Å². The van der Waals surface area contributed by atoms with Gasteiger partial charge in [0, 0.05) is 23.7 Å². The monoisotopic (exact) mass is 225 g/mol. The van der Waals surface area contributed by atoms with E-state index in [-0.39, 0.29) is 0 Å². The maximum absolute atomic E-state index is 5.63. The fourth-order valence-corrected chi connectivity index (χ4v) is 1.89. The lowest BCUT2D eigenvalue weighted by Gasteiger charge is -2.18. The highest BCUT2D eigenvalue weighted by Gasteiger charge is 2.01. The Morgan fingerprint density at radius 2 is 1.67 bits per heavy atom. The van der Waals surface area contributed by atoms with E-state index in [9.17, 15) is 0 Å². The largest absolute Gasteiger partial charge is 0.399 e. The van der Waals surface area contributed by atoms with Crippen molar-refractivity contribution in [3.05, 3.63) is 24.3 Å². The average Bonchev–Trinajstić information content (AvgIpc) is 2.19. The molecule has 1 aromatic rings. The summed E-state index contributed by atoms with van der Waals surface area (Å²) in [4.78, 5) is 3.41. The van der Waals surface area contributed by atoms with Crippen LogP contribution >= 0.6 is 11.9 Å². The van der Waals surface area contributed by atoms with Crippen molar-refractivity contribution in [3.63, 3.8) is 0 Å². The number of rotatable bonds is 5. The van der Waals surface area contributed by atoms with Gasteiger partial charge in [0.2, 0.25) is 0 Å². The van der Waals surface area contributed by atoms with Gasteiger partial charge in [-0.3, -0.25) is 0 Å². The molecule has 0 fully saturated rings. The summed E-state index contributed by atoms with van der Waals surface area (Å²) >= 11 is 1.75. The number of nitrogen functional groups attached to an aromatic ring is 1. The lowest BCUT2D eigenvalue weighted by atomic mass is 10.3. The van der Waals surface area contributed by atoms with Crippen molar-refractivity contribution in [2.24, 2.45) is 0 Å². The zero-order valence-corrected chi connectivity index (χ0v) is 10.4. The smallest absolute Gasteiger partial charge is 0.0314 e. The third-order valence-corrected chi connectivity index (χ3v) is 2.98. The zero-order chi connectivity index (χ0) is 11.3. The number of hydrogen-bond acceptors (Lipinski definition) is 4. The molecule has 0 aliphatic carbocycles. The van der Waals surface area contributed by atoms with E-state index in [0.29, 0.717) is 0 Å². The Hall–Kier alpha value is -0.710.